The number of rotatable bonds is 4. The van der Waals surface area contributed by atoms with Crippen LogP contribution in [-0.2, 0) is 23.8 Å². The van der Waals surface area contributed by atoms with Gasteiger partial charge in [-0.3, -0.25) is 14.2 Å². The molecule has 3 rings (SSSR count). The van der Waals surface area contributed by atoms with E-state index in [4.69, 9.17) is 19.9 Å². The average Bonchev–Trinajstić information content (AvgIpc) is 3.10. The fourth-order valence-electron chi connectivity index (χ4n) is 2.79. The van der Waals surface area contributed by atoms with E-state index in [-0.39, 0.29) is 5.82 Å². The highest BCUT2D eigenvalue weighted by atomic mass is 16.6. The van der Waals surface area contributed by atoms with Crippen LogP contribution >= 0.6 is 0 Å². The van der Waals surface area contributed by atoms with Crippen LogP contribution in [0.2, 0.25) is 0 Å². The maximum absolute atomic E-state index is 11.5. The van der Waals surface area contributed by atoms with Gasteiger partial charge in [-0.15, -0.1) is 0 Å². The number of esters is 2. The number of hydrogen-bond acceptors (Lipinski definition) is 10. The van der Waals surface area contributed by atoms with Crippen molar-refractivity contribution in [1.29, 1.82) is 0 Å². The number of nitrogen functional groups attached to an aromatic ring is 1. The van der Waals surface area contributed by atoms with Gasteiger partial charge < -0.3 is 25.1 Å². The smallest absolute Gasteiger partial charge is 0.303 e. The van der Waals surface area contributed by atoms with Gasteiger partial charge in [-0.25, -0.2) is 15.0 Å². The fraction of sp³-hybridized carbons (Fsp3) is 0.500. The van der Waals surface area contributed by atoms with E-state index in [9.17, 15) is 14.7 Å². The molecule has 1 fully saturated rings. The second-order valence-corrected chi connectivity index (χ2v) is 5.48. The number of ether oxygens (including phenoxy) is 3. The van der Waals surface area contributed by atoms with Crippen molar-refractivity contribution in [3.63, 3.8) is 0 Å². The molecule has 0 aromatic carbocycles. The van der Waals surface area contributed by atoms with Crippen LogP contribution in [0.4, 0.5) is 5.82 Å². The molecule has 11 nitrogen and oxygen atoms in total. The summed E-state index contributed by atoms with van der Waals surface area (Å²) in [5, 5.41) is 9.55. The number of anilines is 1. The van der Waals surface area contributed by atoms with Gasteiger partial charge in [-0.05, 0) is 0 Å². The lowest BCUT2D eigenvalue weighted by molar-refractivity contribution is -0.165. The summed E-state index contributed by atoms with van der Waals surface area (Å²) in [4.78, 5) is 35.0. The Labute approximate surface area is 141 Å². The molecule has 3 N–H and O–H groups in total. The first kappa shape index (κ1) is 17.0. The number of carbonyl (C=O) groups is 2. The predicted molar refractivity (Wildman–Crippen MR) is 81.8 cm³/mol. The van der Waals surface area contributed by atoms with Crippen LogP contribution in [0, 0.1) is 0 Å². The van der Waals surface area contributed by atoms with E-state index >= 15 is 0 Å². The molecule has 134 valence electrons. The van der Waals surface area contributed by atoms with Gasteiger partial charge in [0.1, 0.15) is 17.9 Å². The lowest BCUT2D eigenvalue weighted by Crippen LogP contribution is -2.40. The van der Waals surface area contributed by atoms with Gasteiger partial charge in [-0.2, -0.15) is 0 Å². The summed E-state index contributed by atoms with van der Waals surface area (Å²) in [5.41, 5.74) is 6.48. The Balaban J connectivity index is 2.04. The molecule has 0 aliphatic carbocycles. The maximum Gasteiger partial charge on any atom is 0.303 e. The predicted octanol–water partition coefficient (Wildman–Crippen LogP) is -0.838. The van der Waals surface area contributed by atoms with Crippen LogP contribution in [0.1, 0.15) is 20.1 Å². The van der Waals surface area contributed by atoms with Crippen LogP contribution in [0.3, 0.4) is 0 Å². The van der Waals surface area contributed by atoms with E-state index in [0.29, 0.717) is 11.2 Å². The highest BCUT2D eigenvalue weighted by Gasteiger charge is 2.50. The highest BCUT2D eigenvalue weighted by Crippen LogP contribution is 2.35. The molecule has 2 aromatic heterocycles. The summed E-state index contributed by atoms with van der Waals surface area (Å²) in [7, 11) is 0. The molecule has 4 atom stereocenters. The third-order valence-electron chi connectivity index (χ3n) is 3.73. The lowest BCUT2D eigenvalue weighted by atomic mass is 10.1. The molecule has 25 heavy (non-hydrogen) atoms. The molecule has 3 heterocycles. The SMILES string of the molecule is CC(=O)O[C@@H]1[C@H](OC(C)=O)C(CO)O[C@H]1n1cnc2c(N)ncnc21. The number of imidazole rings is 1. The van der Waals surface area contributed by atoms with E-state index in [1.54, 1.807) is 0 Å². The van der Waals surface area contributed by atoms with Crippen molar-refractivity contribution in [3.8, 4) is 0 Å². The molecule has 0 bridgehead atoms. The number of aliphatic hydroxyl groups excluding tert-OH is 1. The molecule has 0 saturated carbocycles. The molecule has 0 radical (unpaired) electrons. The van der Waals surface area contributed by atoms with Crippen molar-refractivity contribution >= 4 is 28.9 Å². The van der Waals surface area contributed by atoms with Gasteiger partial charge in [-0.1, -0.05) is 0 Å². The van der Waals surface area contributed by atoms with Crippen LogP contribution in [0.25, 0.3) is 11.2 Å². The monoisotopic (exact) mass is 351 g/mol. The number of carbonyl (C=O) groups excluding carboxylic acids is 2. The average molecular weight is 351 g/mol. The summed E-state index contributed by atoms with van der Waals surface area (Å²) >= 11 is 0. The first-order valence-corrected chi connectivity index (χ1v) is 7.46. The summed E-state index contributed by atoms with van der Waals surface area (Å²) in [6.07, 6.45) is -1.10. The van der Waals surface area contributed by atoms with Crippen LogP contribution < -0.4 is 5.73 Å². The molecule has 11 heteroatoms. The Hall–Kier alpha value is -2.79. The first-order chi connectivity index (χ1) is 11.9. The van der Waals surface area contributed by atoms with Gasteiger partial charge in [0.25, 0.3) is 0 Å². The van der Waals surface area contributed by atoms with Crippen LogP contribution in [0.5, 0.6) is 0 Å². The first-order valence-electron chi connectivity index (χ1n) is 7.46. The van der Waals surface area contributed by atoms with Crippen molar-refractivity contribution < 1.29 is 28.9 Å². The number of fused-ring (bicyclic) bond motifs is 1. The van der Waals surface area contributed by atoms with Gasteiger partial charge in [0, 0.05) is 13.8 Å². The van der Waals surface area contributed by atoms with Crippen molar-refractivity contribution in [3.05, 3.63) is 12.7 Å². The zero-order valence-electron chi connectivity index (χ0n) is 13.5. The Kier molecular flexibility index (Phi) is 4.51. The summed E-state index contributed by atoms with van der Waals surface area (Å²) in [6, 6.07) is 0. The van der Waals surface area contributed by atoms with E-state index < -0.39 is 43.1 Å². The molecule has 1 aliphatic rings. The molecule has 0 spiro atoms. The highest BCUT2D eigenvalue weighted by molar-refractivity contribution is 5.81. The minimum Gasteiger partial charge on any atom is -0.456 e. The number of aromatic nitrogens is 4. The Morgan fingerprint density at radius 2 is 1.92 bits per heavy atom. The molecular weight excluding hydrogens is 334 g/mol. The molecule has 1 aliphatic heterocycles. The van der Waals surface area contributed by atoms with E-state index in [0.717, 1.165) is 0 Å². The zero-order valence-corrected chi connectivity index (χ0v) is 13.5. The van der Waals surface area contributed by atoms with Crippen molar-refractivity contribution in [2.24, 2.45) is 0 Å². The Bertz CT molecular complexity index is 808. The van der Waals surface area contributed by atoms with E-state index in [1.165, 1.54) is 31.1 Å². The van der Waals surface area contributed by atoms with Crippen molar-refractivity contribution in [2.75, 3.05) is 12.3 Å². The molecule has 0 amide bonds. The molecule has 1 saturated heterocycles. The van der Waals surface area contributed by atoms with Crippen LogP contribution in [0.15, 0.2) is 12.7 Å². The number of nitrogens with zero attached hydrogens (tertiary/aromatic N) is 4. The number of aliphatic hydroxyl groups is 1. The second kappa shape index (κ2) is 6.61. The van der Waals surface area contributed by atoms with Gasteiger partial charge in [0.05, 0.1) is 12.9 Å². The quantitative estimate of drug-likeness (QED) is 0.667. The third kappa shape index (κ3) is 3.10. The molecular formula is C14H17N5O6. The molecule has 1 unspecified atom stereocenters. The largest absolute Gasteiger partial charge is 0.456 e. The fourth-order valence-corrected chi connectivity index (χ4v) is 2.79. The zero-order chi connectivity index (χ0) is 18.1. The normalized spacial score (nSPS) is 25.9. The lowest BCUT2D eigenvalue weighted by Gasteiger charge is -2.23. The Morgan fingerprint density at radius 1 is 1.24 bits per heavy atom. The van der Waals surface area contributed by atoms with E-state index in [1.807, 2.05) is 0 Å². The van der Waals surface area contributed by atoms with Crippen LogP contribution in [-0.4, -0.2) is 61.5 Å². The van der Waals surface area contributed by atoms with Gasteiger partial charge >= 0.3 is 11.9 Å². The minimum absolute atomic E-state index is 0.182. The number of nitrogens with two attached hydrogens (primary N) is 1. The topological polar surface area (TPSA) is 152 Å². The standard InChI is InChI=1S/C14H17N5O6/c1-6(21)23-10-8(3-20)25-14(11(10)24-7(2)22)19-5-18-9-12(15)16-4-17-13(9)19/h4-5,8,10-11,14,20H,3H2,1-2H3,(H2,15,16,17)/t8?,10-,11-,14-/m1/s1. The van der Waals surface area contributed by atoms with Crippen molar-refractivity contribution in [1.82, 2.24) is 19.5 Å². The van der Waals surface area contributed by atoms with Gasteiger partial charge in [0.15, 0.2) is 29.9 Å². The van der Waals surface area contributed by atoms with Gasteiger partial charge in [0.2, 0.25) is 0 Å². The summed E-state index contributed by atoms with van der Waals surface area (Å²) in [5.74, 6) is -0.999. The summed E-state index contributed by atoms with van der Waals surface area (Å²) < 4.78 is 17.7. The summed E-state index contributed by atoms with van der Waals surface area (Å²) in [6.45, 7) is 2.00. The molecule has 2 aromatic rings. The second-order valence-electron chi connectivity index (χ2n) is 5.48. The minimum atomic E-state index is -0.993. The Morgan fingerprint density at radius 3 is 2.56 bits per heavy atom. The third-order valence-corrected chi connectivity index (χ3v) is 3.73. The number of hydrogen-bond donors (Lipinski definition) is 2. The van der Waals surface area contributed by atoms with Crippen molar-refractivity contribution in [2.45, 2.75) is 38.4 Å². The van der Waals surface area contributed by atoms with E-state index in [2.05, 4.69) is 15.0 Å². The maximum atomic E-state index is 11.5.